The Morgan fingerprint density at radius 2 is 1.77 bits per heavy atom. The van der Waals surface area contributed by atoms with Gasteiger partial charge in [-0.15, -0.1) is 0 Å². The van der Waals surface area contributed by atoms with Gasteiger partial charge in [-0.1, -0.05) is 67.9 Å². The lowest BCUT2D eigenvalue weighted by Gasteiger charge is -2.06. The summed E-state index contributed by atoms with van der Waals surface area (Å²) in [6.45, 7) is 1.89. The van der Waals surface area contributed by atoms with Crippen LogP contribution in [-0.2, 0) is 22.4 Å². The molecule has 4 heteroatoms. The smallest absolute Gasteiger partial charge is 0.310 e. The maximum Gasteiger partial charge on any atom is 0.310 e. The van der Waals surface area contributed by atoms with Crippen LogP contribution < -0.4 is 0 Å². The normalized spacial score (nSPS) is 11.1. The predicted molar refractivity (Wildman–Crippen MR) is 118 cm³/mol. The molecule has 0 unspecified atom stereocenters. The zero-order chi connectivity index (χ0) is 20.9. The topological polar surface area (TPSA) is 56.5 Å². The summed E-state index contributed by atoms with van der Waals surface area (Å²) < 4.78 is 10.9. The Kier molecular flexibility index (Phi) is 5.94. The first-order valence-electron chi connectivity index (χ1n) is 10.3. The lowest BCUT2D eigenvalue weighted by Crippen LogP contribution is -2.15. The lowest BCUT2D eigenvalue weighted by atomic mass is 10.0. The molecule has 4 rings (SSSR count). The number of unbranched alkanes of at least 4 members (excludes halogenated alkanes) is 1. The fraction of sp³-hybridized carbons (Fsp3) is 0.231. The quantitative estimate of drug-likeness (QED) is 0.273. The van der Waals surface area contributed by atoms with Gasteiger partial charge in [-0.3, -0.25) is 9.59 Å². The first-order chi connectivity index (χ1) is 14.7. The average molecular weight is 400 g/mol. The number of fused-ring (bicyclic) bond motifs is 3. The summed E-state index contributed by atoms with van der Waals surface area (Å²) in [7, 11) is 0. The number of Topliss-reactive ketones (excluding diaryl/α,β-unsaturated/α-hetero) is 1. The monoisotopic (exact) mass is 400 g/mol. The molecule has 1 heterocycles. The third kappa shape index (κ3) is 4.28. The minimum atomic E-state index is -0.446. The molecule has 152 valence electrons. The van der Waals surface area contributed by atoms with E-state index in [1.54, 1.807) is 18.4 Å². The lowest BCUT2D eigenvalue weighted by molar-refractivity contribution is -0.141. The van der Waals surface area contributed by atoms with E-state index in [1.165, 1.54) is 5.56 Å². The van der Waals surface area contributed by atoms with Crippen molar-refractivity contribution in [2.45, 2.75) is 32.6 Å². The highest BCUT2D eigenvalue weighted by Crippen LogP contribution is 2.30. The summed E-state index contributed by atoms with van der Waals surface area (Å²) in [5.41, 5.74) is 3.27. The van der Waals surface area contributed by atoms with E-state index in [4.69, 9.17) is 9.15 Å². The van der Waals surface area contributed by atoms with Crippen molar-refractivity contribution in [3.8, 4) is 0 Å². The van der Waals surface area contributed by atoms with Gasteiger partial charge in [0.25, 0.3) is 0 Å². The summed E-state index contributed by atoms with van der Waals surface area (Å²) in [5, 5.41) is 3.03. The molecule has 0 saturated heterocycles. The van der Waals surface area contributed by atoms with Crippen molar-refractivity contribution in [1.82, 2.24) is 0 Å². The maximum absolute atomic E-state index is 12.4. The van der Waals surface area contributed by atoms with E-state index < -0.39 is 5.97 Å². The van der Waals surface area contributed by atoms with Crippen LogP contribution in [0.3, 0.4) is 0 Å². The van der Waals surface area contributed by atoms with Crippen molar-refractivity contribution >= 4 is 33.5 Å². The predicted octanol–water partition coefficient (Wildman–Crippen LogP) is 5.90. The third-order valence-electron chi connectivity index (χ3n) is 5.33. The van der Waals surface area contributed by atoms with Crippen molar-refractivity contribution in [2.75, 3.05) is 6.61 Å². The molecule has 0 fully saturated rings. The van der Waals surface area contributed by atoms with Gasteiger partial charge in [0.05, 0.1) is 12.7 Å². The SMILES string of the molecule is CCCCc1ccc(C(=O)COC(=O)Cc2coc3ccc4ccccc4c23)cc1. The van der Waals surface area contributed by atoms with Crippen molar-refractivity contribution in [3.05, 3.63) is 83.6 Å². The Balaban J connectivity index is 1.40. The van der Waals surface area contributed by atoms with Crippen LogP contribution >= 0.6 is 0 Å². The molecule has 0 bridgehead atoms. The molecule has 0 saturated carbocycles. The van der Waals surface area contributed by atoms with Gasteiger partial charge in [0.2, 0.25) is 0 Å². The van der Waals surface area contributed by atoms with Crippen LogP contribution in [-0.4, -0.2) is 18.4 Å². The Hall–Kier alpha value is -3.40. The molecule has 0 aliphatic heterocycles. The average Bonchev–Trinajstić information content (AvgIpc) is 3.19. The van der Waals surface area contributed by atoms with Gasteiger partial charge in [0.15, 0.2) is 12.4 Å². The fourth-order valence-electron chi connectivity index (χ4n) is 3.68. The molecule has 4 nitrogen and oxygen atoms in total. The molecular weight excluding hydrogens is 376 g/mol. The second kappa shape index (κ2) is 8.95. The molecule has 4 aromatic rings. The largest absolute Gasteiger partial charge is 0.464 e. The Morgan fingerprint density at radius 3 is 2.57 bits per heavy atom. The summed E-state index contributed by atoms with van der Waals surface area (Å²) >= 11 is 0. The van der Waals surface area contributed by atoms with Crippen molar-refractivity contribution in [1.29, 1.82) is 0 Å². The number of hydrogen-bond acceptors (Lipinski definition) is 4. The molecule has 0 N–H and O–H groups in total. The highest BCUT2D eigenvalue weighted by atomic mass is 16.5. The van der Waals surface area contributed by atoms with Crippen LogP contribution in [0.25, 0.3) is 21.7 Å². The van der Waals surface area contributed by atoms with Crippen LogP contribution in [0.4, 0.5) is 0 Å². The zero-order valence-corrected chi connectivity index (χ0v) is 17.0. The number of ketones is 1. The van der Waals surface area contributed by atoms with Crippen molar-refractivity contribution < 1.29 is 18.7 Å². The van der Waals surface area contributed by atoms with Crippen LogP contribution in [0, 0.1) is 0 Å². The van der Waals surface area contributed by atoms with Crippen molar-refractivity contribution in [3.63, 3.8) is 0 Å². The first-order valence-corrected chi connectivity index (χ1v) is 10.3. The number of furan rings is 1. The number of hydrogen-bond donors (Lipinski definition) is 0. The number of benzene rings is 3. The van der Waals surface area contributed by atoms with Crippen LogP contribution in [0.15, 0.2) is 71.3 Å². The molecule has 0 spiro atoms. The van der Waals surface area contributed by atoms with Crippen LogP contribution in [0.5, 0.6) is 0 Å². The Morgan fingerprint density at radius 1 is 0.967 bits per heavy atom. The molecule has 0 amide bonds. The minimum absolute atomic E-state index is 0.0598. The zero-order valence-electron chi connectivity index (χ0n) is 17.0. The summed E-state index contributed by atoms with van der Waals surface area (Å²) in [6.07, 6.45) is 4.92. The number of esters is 1. The highest BCUT2D eigenvalue weighted by Gasteiger charge is 2.15. The second-order valence-corrected chi connectivity index (χ2v) is 7.48. The molecule has 0 radical (unpaired) electrons. The summed E-state index contributed by atoms with van der Waals surface area (Å²) in [4.78, 5) is 24.8. The molecule has 30 heavy (non-hydrogen) atoms. The number of carbonyl (C=O) groups excluding carboxylic acids is 2. The van der Waals surface area contributed by atoms with E-state index in [9.17, 15) is 9.59 Å². The van der Waals surface area contributed by atoms with Gasteiger partial charge < -0.3 is 9.15 Å². The van der Waals surface area contributed by atoms with E-state index in [0.717, 1.165) is 46.6 Å². The molecule has 0 atom stereocenters. The van der Waals surface area contributed by atoms with E-state index in [1.807, 2.05) is 48.5 Å². The standard InChI is InChI=1S/C26H24O4/c1-2-3-6-18-9-11-20(12-10-18)23(27)17-30-25(28)15-21-16-29-24-14-13-19-7-4-5-8-22(19)26(21)24/h4-5,7-14,16H,2-3,6,15,17H2,1H3. The van der Waals surface area contributed by atoms with E-state index in [0.29, 0.717) is 5.56 Å². The third-order valence-corrected chi connectivity index (χ3v) is 5.33. The van der Waals surface area contributed by atoms with Gasteiger partial charge in [0, 0.05) is 16.5 Å². The first kappa shape index (κ1) is 19.9. The molecule has 0 aliphatic rings. The van der Waals surface area contributed by atoms with Gasteiger partial charge >= 0.3 is 5.97 Å². The van der Waals surface area contributed by atoms with E-state index in [-0.39, 0.29) is 18.8 Å². The van der Waals surface area contributed by atoms with Crippen LogP contribution in [0.2, 0.25) is 0 Å². The number of aryl methyl sites for hydroxylation is 1. The van der Waals surface area contributed by atoms with Gasteiger partial charge in [0.1, 0.15) is 5.58 Å². The molecule has 0 aliphatic carbocycles. The number of rotatable bonds is 8. The molecular formula is C26H24O4. The number of carbonyl (C=O) groups is 2. The van der Waals surface area contributed by atoms with Crippen molar-refractivity contribution in [2.24, 2.45) is 0 Å². The van der Waals surface area contributed by atoms with Gasteiger partial charge in [-0.2, -0.15) is 0 Å². The molecule has 1 aromatic heterocycles. The summed E-state index contributed by atoms with van der Waals surface area (Å²) in [6, 6.07) is 19.4. The van der Waals surface area contributed by atoms with E-state index in [2.05, 4.69) is 6.92 Å². The fourth-order valence-corrected chi connectivity index (χ4v) is 3.68. The Bertz CT molecular complexity index is 1180. The van der Waals surface area contributed by atoms with Crippen LogP contribution in [0.1, 0.15) is 41.3 Å². The van der Waals surface area contributed by atoms with Gasteiger partial charge in [-0.25, -0.2) is 0 Å². The summed E-state index contributed by atoms with van der Waals surface area (Å²) in [5.74, 6) is -0.647. The minimum Gasteiger partial charge on any atom is -0.464 e. The van der Waals surface area contributed by atoms with Gasteiger partial charge in [-0.05, 0) is 35.2 Å². The highest BCUT2D eigenvalue weighted by molar-refractivity contribution is 6.08. The Labute approximate surface area is 175 Å². The van der Waals surface area contributed by atoms with E-state index >= 15 is 0 Å². The maximum atomic E-state index is 12.4. The second-order valence-electron chi connectivity index (χ2n) is 7.48. The number of ether oxygens (including phenoxy) is 1. The molecule has 3 aromatic carbocycles.